The van der Waals surface area contributed by atoms with E-state index >= 15 is 0 Å². The van der Waals surface area contributed by atoms with Crippen molar-refractivity contribution < 1.29 is 43.4 Å². The summed E-state index contributed by atoms with van der Waals surface area (Å²) in [6, 6.07) is 66.7. The van der Waals surface area contributed by atoms with E-state index in [2.05, 4.69) is 82.8 Å². The Morgan fingerprint density at radius 2 is 0.479 bits per heavy atom. The molecule has 0 spiro atoms. The predicted octanol–water partition coefficient (Wildman–Crippen LogP) is 13.8. The molecule has 11 rings (SSSR count). The van der Waals surface area contributed by atoms with Gasteiger partial charge in [-0.15, -0.1) is 0 Å². The fourth-order valence-electron chi connectivity index (χ4n) is 8.00. The van der Waals surface area contributed by atoms with Crippen LogP contribution in [0.2, 0.25) is 0 Å². The minimum atomic E-state index is -0.983. The zero-order valence-corrected chi connectivity index (χ0v) is 40.2. The second-order valence-electron chi connectivity index (χ2n) is 15.8. The molecular formula is C60H40CuF6N2P2+. The Hall–Kier alpha value is -7.24. The predicted molar refractivity (Wildman–Crippen MR) is 278 cm³/mol. The maximum absolute atomic E-state index is 13.2. The van der Waals surface area contributed by atoms with Gasteiger partial charge in [-0.3, -0.25) is 9.97 Å². The first-order valence-corrected chi connectivity index (χ1v) is 24.8. The minimum Gasteiger partial charge on any atom is -0.254 e. The van der Waals surface area contributed by atoms with Crippen molar-refractivity contribution in [2.24, 2.45) is 0 Å². The Kier molecular flexibility index (Phi) is 16.7. The molecule has 0 atom stereocenters. The number of benzene rings is 9. The molecule has 2 aromatic heterocycles. The van der Waals surface area contributed by atoms with Crippen molar-refractivity contribution in [3.8, 4) is 22.3 Å². The number of hydrogen-bond donors (Lipinski definition) is 0. The van der Waals surface area contributed by atoms with Crippen molar-refractivity contribution in [1.29, 1.82) is 0 Å². The van der Waals surface area contributed by atoms with Gasteiger partial charge in [0, 0.05) is 23.2 Å². The smallest absolute Gasteiger partial charge is 0.254 e. The second-order valence-corrected chi connectivity index (χ2v) is 20.3. The topological polar surface area (TPSA) is 25.8 Å². The molecule has 71 heavy (non-hydrogen) atoms. The van der Waals surface area contributed by atoms with Crippen LogP contribution in [0.15, 0.2) is 243 Å². The molecule has 0 radical (unpaired) electrons. The van der Waals surface area contributed by atoms with Crippen LogP contribution in [0.5, 0.6) is 0 Å². The molecule has 2 nitrogen and oxygen atoms in total. The monoisotopic (exact) mass is 1030 g/mol. The molecule has 0 bridgehead atoms. The number of nitrogens with zero attached hydrogens (tertiary/aromatic N) is 2. The molecule has 0 aliphatic carbocycles. The molecule has 9 aromatic carbocycles. The Morgan fingerprint density at radius 1 is 0.254 bits per heavy atom. The summed E-state index contributed by atoms with van der Waals surface area (Å²) in [5, 5.41) is 7.81. The van der Waals surface area contributed by atoms with Crippen LogP contribution in [-0.4, -0.2) is 9.97 Å². The number of hydrogen-bond acceptors (Lipinski definition) is 2. The molecule has 352 valence electrons. The number of rotatable bonds is 8. The number of pyridine rings is 2. The first-order valence-electron chi connectivity index (χ1n) is 22.1. The van der Waals surface area contributed by atoms with Crippen molar-refractivity contribution >= 4 is 69.5 Å². The van der Waals surface area contributed by atoms with Crippen LogP contribution in [0, 0.1) is 34.9 Å². The van der Waals surface area contributed by atoms with Crippen LogP contribution in [0.1, 0.15) is 0 Å². The molecule has 0 unspecified atom stereocenters. The molecule has 0 N–H and O–H groups in total. The third-order valence-corrected chi connectivity index (χ3v) is 16.2. The standard InChI is InChI=1S/C24H16N2.2C18H12F3P.Cu/c1-3-7-17(8-4-1)19-13-15-25-23-21(19)11-12-22-20(14-16-26-24(22)23)18-9-5-2-6-10-18;2*19-13-1-7-16(8-2-13)22(17-9-3-14(20)4-10-17)18-11-5-15(21)6-12-18;/h1-16H;2*1-12H;/q;;;+1. The summed E-state index contributed by atoms with van der Waals surface area (Å²) in [5.41, 5.74) is 6.65. The molecule has 0 aliphatic heterocycles. The van der Waals surface area contributed by atoms with E-state index in [0.717, 1.165) is 53.6 Å². The van der Waals surface area contributed by atoms with Crippen molar-refractivity contribution in [1.82, 2.24) is 9.97 Å². The first kappa shape index (κ1) is 50.2. The summed E-state index contributed by atoms with van der Waals surface area (Å²) in [6.07, 6.45) is 3.75. The van der Waals surface area contributed by atoms with Crippen LogP contribution in [-0.2, 0) is 17.1 Å². The molecule has 0 aliphatic rings. The van der Waals surface area contributed by atoms with Crippen molar-refractivity contribution in [3.05, 3.63) is 278 Å². The number of halogens is 6. The van der Waals surface area contributed by atoms with Crippen LogP contribution >= 0.6 is 15.8 Å². The zero-order valence-electron chi connectivity index (χ0n) is 37.5. The summed E-state index contributed by atoms with van der Waals surface area (Å²) < 4.78 is 79.0. The van der Waals surface area contributed by atoms with Gasteiger partial charge in [0.25, 0.3) is 0 Å². The normalized spacial score (nSPS) is 10.8. The fraction of sp³-hybridized carbons (Fsp3) is 0. The van der Waals surface area contributed by atoms with Crippen LogP contribution in [0.3, 0.4) is 0 Å². The molecule has 11 aromatic rings. The Balaban J connectivity index is 0.000000143. The molecule has 0 amide bonds. The van der Waals surface area contributed by atoms with Gasteiger partial charge in [0.05, 0.1) is 11.0 Å². The third kappa shape index (κ3) is 12.2. The van der Waals surface area contributed by atoms with Crippen LogP contribution in [0.4, 0.5) is 26.3 Å². The van der Waals surface area contributed by atoms with E-state index in [1.807, 2.05) is 24.5 Å². The van der Waals surface area contributed by atoms with E-state index in [4.69, 9.17) is 0 Å². The van der Waals surface area contributed by atoms with E-state index in [1.54, 1.807) is 72.8 Å². The van der Waals surface area contributed by atoms with Crippen LogP contribution in [0.25, 0.3) is 44.1 Å². The average molecular weight is 1030 g/mol. The van der Waals surface area contributed by atoms with Gasteiger partial charge >= 0.3 is 17.1 Å². The van der Waals surface area contributed by atoms with E-state index < -0.39 is 15.8 Å². The SMILES string of the molecule is Fc1ccc(P(c2ccc(F)cc2)c2ccc(F)cc2)cc1.Fc1ccc(P(c2ccc(F)cc2)c2ccc(F)cc2)cc1.[Cu+].c1ccc(-c2ccnc3c2ccc2c(-c4ccccc4)ccnc23)cc1. The second kappa shape index (κ2) is 23.6. The van der Waals surface area contributed by atoms with E-state index in [0.29, 0.717) is 0 Å². The van der Waals surface area contributed by atoms with Gasteiger partial charge in [-0.05, 0) is 155 Å². The van der Waals surface area contributed by atoms with Gasteiger partial charge in [0.15, 0.2) is 0 Å². The molecule has 0 saturated heterocycles. The summed E-state index contributed by atoms with van der Waals surface area (Å²) >= 11 is 0. The largest absolute Gasteiger partial charge is 1.00 e. The number of fused-ring (bicyclic) bond motifs is 3. The minimum absolute atomic E-state index is 0. The molecule has 0 saturated carbocycles. The maximum atomic E-state index is 13.2. The van der Waals surface area contributed by atoms with E-state index in [9.17, 15) is 26.3 Å². The summed E-state index contributed by atoms with van der Waals surface area (Å²) in [5.74, 6) is -1.85. The van der Waals surface area contributed by atoms with Crippen molar-refractivity contribution in [2.45, 2.75) is 0 Å². The van der Waals surface area contributed by atoms with Crippen molar-refractivity contribution in [2.75, 3.05) is 0 Å². The third-order valence-electron chi connectivity index (χ3n) is 11.3. The average Bonchev–Trinajstić information content (AvgIpc) is 3.40. The first-order chi connectivity index (χ1) is 34.2. The van der Waals surface area contributed by atoms with Gasteiger partial charge in [0.2, 0.25) is 0 Å². The van der Waals surface area contributed by atoms with Crippen LogP contribution < -0.4 is 31.8 Å². The Labute approximate surface area is 420 Å². The summed E-state index contributed by atoms with van der Waals surface area (Å²) in [7, 11) is -1.97. The zero-order chi connectivity index (χ0) is 48.4. The van der Waals surface area contributed by atoms with Gasteiger partial charge in [-0.2, -0.15) is 0 Å². The van der Waals surface area contributed by atoms with Gasteiger partial charge in [0.1, 0.15) is 34.9 Å². The maximum Gasteiger partial charge on any atom is 1.00 e. The van der Waals surface area contributed by atoms with Crippen molar-refractivity contribution in [3.63, 3.8) is 0 Å². The Morgan fingerprint density at radius 3 is 0.704 bits per heavy atom. The molecular weight excluding hydrogens is 988 g/mol. The van der Waals surface area contributed by atoms with E-state index in [1.165, 1.54) is 95.1 Å². The molecule has 11 heteroatoms. The van der Waals surface area contributed by atoms with Gasteiger partial charge in [-0.25, -0.2) is 26.3 Å². The quantitative estimate of drug-likeness (QED) is 0.0656. The summed E-state index contributed by atoms with van der Waals surface area (Å²) in [4.78, 5) is 9.34. The van der Waals surface area contributed by atoms with Gasteiger partial charge < -0.3 is 0 Å². The Bertz CT molecular complexity index is 3010. The molecule has 2 heterocycles. The summed E-state index contributed by atoms with van der Waals surface area (Å²) in [6.45, 7) is 0. The molecule has 0 fully saturated rings. The fourth-order valence-corrected chi connectivity index (χ4v) is 12.5. The number of aromatic nitrogens is 2. The van der Waals surface area contributed by atoms with Gasteiger partial charge in [-0.1, -0.05) is 146 Å². The van der Waals surface area contributed by atoms with E-state index in [-0.39, 0.29) is 52.0 Å².